The normalized spacial score (nSPS) is 12.1. The van der Waals surface area contributed by atoms with Crippen LogP contribution in [0.5, 0.6) is 0 Å². The van der Waals surface area contributed by atoms with Crippen molar-refractivity contribution in [3.63, 3.8) is 0 Å². The molecule has 2 amide bonds. The molecule has 1 atom stereocenters. The molecule has 0 aliphatic rings. The Bertz CT molecular complexity index is 532. The summed E-state index contributed by atoms with van der Waals surface area (Å²) >= 11 is 0. The first-order valence-corrected chi connectivity index (χ1v) is 7.50. The molecular weight excluding hydrogens is 285 g/mol. The van der Waals surface area contributed by atoms with Crippen LogP contribution >= 0.6 is 0 Å². The van der Waals surface area contributed by atoms with Crippen LogP contribution in [0.2, 0.25) is 0 Å². The van der Waals surface area contributed by atoms with Crippen LogP contribution in [-0.4, -0.2) is 37.5 Å². The van der Waals surface area contributed by atoms with E-state index < -0.39 is 5.82 Å². The van der Waals surface area contributed by atoms with E-state index in [1.165, 1.54) is 6.07 Å². The zero-order chi connectivity index (χ0) is 16.7. The van der Waals surface area contributed by atoms with E-state index in [1.807, 2.05) is 20.8 Å². The van der Waals surface area contributed by atoms with Crippen molar-refractivity contribution in [1.29, 1.82) is 0 Å². The molecule has 22 heavy (non-hydrogen) atoms. The summed E-state index contributed by atoms with van der Waals surface area (Å²) in [7, 11) is 0. The maximum Gasteiger partial charge on any atom is 0.279 e. The van der Waals surface area contributed by atoms with Crippen LogP contribution in [0.25, 0.3) is 0 Å². The number of halogens is 1. The van der Waals surface area contributed by atoms with Crippen LogP contribution in [-0.2, 0) is 9.59 Å². The molecular formula is C16H25FN3O2+. The highest BCUT2D eigenvalue weighted by Crippen LogP contribution is 2.14. The van der Waals surface area contributed by atoms with Crippen molar-refractivity contribution in [3.8, 4) is 0 Å². The van der Waals surface area contributed by atoms with Crippen LogP contribution in [0.15, 0.2) is 18.2 Å². The van der Waals surface area contributed by atoms with Gasteiger partial charge in [0.1, 0.15) is 5.82 Å². The zero-order valence-corrected chi connectivity index (χ0v) is 13.6. The number of likely N-dealkylation sites (N-methyl/N-ethyl adjacent to an activating group) is 1. The lowest BCUT2D eigenvalue weighted by molar-refractivity contribution is -0.881. The number of amides is 2. The van der Waals surface area contributed by atoms with Crippen molar-refractivity contribution in [2.75, 3.05) is 25.0 Å². The molecule has 1 aromatic rings. The number of quaternary nitrogens is 1. The first-order chi connectivity index (χ1) is 10.3. The summed E-state index contributed by atoms with van der Waals surface area (Å²) in [6, 6.07) is 4.72. The third-order valence-electron chi connectivity index (χ3n) is 3.17. The lowest BCUT2D eigenvalue weighted by Gasteiger charge is -2.18. The van der Waals surface area contributed by atoms with E-state index in [4.69, 9.17) is 0 Å². The molecule has 0 saturated carbocycles. The Hall–Kier alpha value is -1.95. The topological polar surface area (TPSA) is 62.6 Å². The van der Waals surface area contributed by atoms with Crippen molar-refractivity contribution in [2.45, 2.75) is 33.7 Å². The van der Waals surface area contributed by atoms with E-state index in [-0.39, 0.29) is 36.6 Å². The summed E-state index contributed by atoms with van der Waals surface area (Å²) in [4.78, 5) is 24.5. The lowest BCUT2D eigenvalue weighted by atomic mass is 10.2. The third-order valence-corrected chi connectivity index (χ3v) is 3.17. The number of nitrogens with one attached hydrogen (secondary N) is 3. The molecule has 5 nitrogen and oxygen atoms in total. The average molecular weight is 310 g/mol. The van der Waals surface area contributed by atoms with Crippen LogP contribution in [0.4, 0.5) is 10.1 Å². The number of carbonyl (C=O) groups excluding carboxylic acids is 2. The average Bonchev–Trinajstić information content (AvgIpc) is 2.40. The number of hydrogen-bond donors (Lipinski definition) is 3. The third kappa shape index (κ3) is 6.22. The van der Waals surface area contributed by atoms with Gasteiger partial charge in [0, 0.05) is 6.04 Å². The molecule has 1 rings (SSSR count). The van der Waals surface area contributed by atoms with Gasteiger partial charge in [-0.25, -0.2) is 4.39 Å². The van der Waals surface area contributed by atoms with Crippen LogP contribution in [0, 0.1) is 12.7 Å². The highest BCUT2D eigenvalue weighted by molar-refractivity contribution is 5.91. The second kappa shape index (κ2) is 8.48. The number of anilines is 1. The Morgan fingerprint density at radius 3 is 2.41 bits per heavy atom. The van der Waals surface area contributed by atoms with Gasteiger partial charge in [0.05, 0.1) is 12.2 Å². The monoisotopic (exact) mass is 310 g/mol. The molecule has 0 fully saturated rings. The quantitative estimate of drug-likeness (QED) is 0.687. The Morgan fingerprint density at radius 2 is 1.86 bits per heavy atom. The molecule has 6 heteroatoms. The van der Waals surface area contributed by atoms with Crippen molar-refractivity contribution in [1.82, 2.24) is 5.32 Å². The van der Waals surface area contributed by atoms with Crippen molar-refractivity contribution < 1.29 is 18.9 Å². The van der Waals surface area contributed by atoms with Gasteiger partial charge in [0.15, 0.2) is 13.1 Å². The van der Waals surface area contributed by atoms with Crippen LogP contribution < -0.4 is 15.5 Å². The molecule has 1 aromatic carbocycles. The summed E-state index contributed by atoms with van der Waals surface area (Å²) in [5.74, 6) is -0.859. The molecule has 0 radical (unpaired) electrons. The first kappa shape index (κ1) is 18.1. The Balaban J connectivity index is 2.56. The highest BCUT2D eigenvalue weighted by atomic mass is 19.1. The van der Waals surface area contributed by atoms with E-state index >= 15 is 0 Å². The molecule has 3 N–H and O–H groups in total. The van der Waals surface area contributed by atoms with E-state index in [9.17, 15) is 14.0 Å². The molecule has 0 aliphatic carbocycles. The summed E-state index contributed by atoms with van der Waals surface area (Å²) < 4.78 is 13.7. The predicted octanol–water partition coefficient (Wildman–Crippen LogP) is 0.502. The van der Waals surface area contributed by atoms with E-state index in [0.717, 1.165) is 10.5 Å². The minimum Gasteiger partial charge on any atom is -0.349 e. The molecule has 122 valence electrons. The highest BCUT2D eigenvalue weighted by Gasteiger charge is 2.17. The number of carbonyl (C=O) groups is 2. The SMILES string of the molecule is CC[NH+](CC(=O)Nc1ccc(C)cc1F)CC(=O)NC(C)C. The second-order valence-electron chi connectivity index (χ2n) is 5.71. The van der Waals surface area contributed by atoms with Crippen molar-refractivity contribution in [3.05, 3.63) is 29.6 Å². The van der Waals surface area contributed by atoms with E-state index in [1.54, 1.807) is 19.1 Å². The largest absolute Gasteiger partial charge is 0.349 e. The molecule has 0 aromatic heterocycles. The Morgan fingerprint density at radius 1 is 1.23 bits per heavy atom. The fourth-order valence-electron chi connectivity index (χ4n) is 2.06. The number of rotatable bonds is 7. The predicted molar refractivity (Wildman–Crippen MR) is 84.3 cm³/mol. The summed E-state index contributed by atoms with van der Waals surface area (Å²) in [5, 5.41) is 5.34. The standard InChI is InChI=1S/C16H24FN3O2/c1-5-20(9-15(21)18-11(2)3)10-16(22)19-14-7-6-12(4)8-13(14)17/h6-8,11H,5,9-10H2,1-4H3,(H,18,21)(H,19,22)/p+1. The second-order valence-corrected chi connectivity index (χ2v) is 5.71. The molecule has 0 saturated heterocycles. The summed E-state index contributed by atoms with van der Waals surface area (Å²) in [6.45, 7) is 8.43. The summed E-state index contributed by atoms with van der Waals surface area (Å²) in [5.41, 5.74) is 0.958. The molecule has 0 spiro atoms. The van der Waals surface area contributed by atoms with Crippen molar-refractivity contribution >= 4 is 17.5 Å². The van der Waals surface area contributed by atoms with Gasteiger partial charge in [-0.1, -0.05) is 6.07 Å². The van der Waals surface area contributed by atoms with Gasteiger partial charge in [0.2, 0.25) is 0 Å². The van der Waals surface area contributed by atoms with Gasteiger partial charge in [-0.2, -0.15) is 0 Å². The van der Waals surface area contributed by atoms with E-state index in [0.29, 0.717) is 6.54 Å². The minimum atomic E-state index is -0.455. The van der Waals surface area contributed by atoms with Gasteiger partial charge < -0.3 is 15.5 Å². The van der Waals surface area contributed by atoms with E-state index in [2.05, 4.69) is 10.6 Å². The maximum absolute atomic E-state index is 13.7. The lowest BCUT2D eigenvalue weighted by Crippen LogP contribution is -3.14. The molecule has 1 unspecified atom stereocenters. The zero-order valence-electron chi connectivity index (χ0n) is 13.6. The maximum atomic E-state index is 13.7. The van der Waals surface area contributed by atoms with Gasteiger partial charge in [-0.3, -0.25) is 9.59 Å². The minimum absolute atomic E-state index is 0.0705. The van der Waals surface area contributed by atoms with Gasteiger partial charge >= 0.3 is 0 Å². The Labute approximate surface area is 130 Å². The van der Waals surface area contributed by atoms with Gasteiger partial charge in [-0.05, 0) is 45.4 Å². The van der Waals surface area contributed by atoms with Crippen molar-refractivity contribution in [2.24, 2.45) is 0 Å². The fraction of sp³-hybridized carbons (Fsp3) is 0.500. The fourth-order valence-corrected chi connectivity index (χ4v) is 2.06. The van der Waals surface area contributed by atoms with Crippen LogP contribution in [0.1, 0.15) is 26.3 Å². The van der Waals surface area contributed by atoms with Gasteiger partial charge in [-0.15, -0.1) is 0 Å². The van der Waals surface area contributed by atoms with Gasteiger partial charge in [0.25, 0.3) is 11.8 Å². The molecule has 0 aliphatic heterocycles. The molecule has 0 bridgehead atoms. The Kier molecular flexibility index (Phi) is 6.98. The smallest absolute Gasteiger partial charge is 0.279 e. The molecule has 0 heterocycles. The number of benzene rings is 1. The number of aryl methyl sites for hydroxylation is 1. The van der Waals surface area contributed by atoms with Crippen LogP contribution in [0.3, 0.4) is 0 Å². The first-order valence-electron chi connectivity index (χ1n) is 7.50. The summed E-state index contributed by atoms with van der Waals surface area (Å²) in [6.07, 6.45) is 0. The number of hydrogen-bond acceptors (Lipinski definition) is 2.